The fourth-order valence-corrected chi connectivity index (χ4v) is 3.30. The van der Waals surface area contributed by atoms with E-state index >= 15 is 0 Å². The van der Waals surface area contributed by atoms with Crippen molar-refractivity contribution in [2.75, 3.05) is 6.54 Å². The third-order valence-corrected chi connectivity index (χ3v) is 4.24. The van der Waals surface area contributed by atoms with Crippen molar-refractivity contribution in [3.05, 3.63) is 0 Å². The van der Waals surface area contributed by atoms with Crippen molar-refractivity contribution in [3.8, 4) is 0 Å². The van der Waals surface area contributed by atoms with Crippen LogP contribution in [-0.4, -0.2) is 36.5 Å². The Morgan fingerprint density at radius 2 is 2.18 bits per heavy atom. The minimum atomic E-state index is -0.310. The average Bonchev–Trinajstić information content (AvgIpc) is 2.94. The SMILES string of the molecule is O=C1NCCCC1NC(=O)C1CC2CCC1N2. The second kappa shape index (κ2) is 4.29. The molecule has 0 aliphatic carbocycles. The monoisotopic (exact) mass is 237 g/mol. The van der Waals surface area contributed by atoms with E-state index in [4.69, 9.17) is 0 Å². The number of hydrogen-bond acceptors (Lipinski definition) is 3. The fourth-order valence-electron chi connectivity index (χ4n) is 3.30. The van der Waals surface area contributed by atoms with E-state index in [1.54, 1.807) is 0 Å². The molecule has 3 aliphatic heterocycles. The summed E-state index contributed by atoms with van der Waals surface area (Å²) in [5.41, 5.74) is 0. The Hall–Kier alpha value is -1.10. The summed E-state index contributed by atoms with van der Waals surface area (Å²) in [6.07, 6.45) is 4.94. The summed E-state index contributed by atoms with van der Waals surface area (Å²) in [6.45, 7) is 0.737. The largest absolute Gasteiger partial charge is 0.354 e. The van der Waals surface area contributed by atoms with Crippen LogP contribution in [-0.2, 0) is 9.59 Å². The molecule has 3 aliphatic rings. The molecule has 4 unspecified atom stereocenters. The number of rotatable bonds is 2. The summed E-state index contributed by atoms with van der Waals surface area (Å²) < 4.78 is 0. The molecule has 5 nitrogen and oxygen atoms in total. The van der Waals surface area contributed by atoms with Crippen LogP contribution in [0.3, 0.4) is 0 Å². The first-order valence-electron chi connectivity index (χ1n) is 6.58. The maximum atomic E-state index is 12.1. The highest BCUT2D eigenvalue weighted by Gasteiger charge is 2.43. The second-order valence-corrected chi connectivity index (χ2v) is 5.38. The van der Waals surface area contributed by atoms with Crippen LogP contribution < -0.4 is 16.0 Å². The van der Waals surface area contributed by atoms with Crippen molar-refractivity contribution in [2.24, 2.45) is 5.92 Å². The summed E-state index contributed by atoms with van der Waals surface area (Å²) in [4.78, 5) is 23.7. The van der Waals surface area contributed by atoms with E-state index < -0.39 is 0 Å². The molecule has 5 heteroatoms. The van der Waals surface area contributed by atoms with Crippen LogP contribution >= 0.6 is 0 Å². The first-order valence-corrected chi connectivity index (χ1v) is 6.58. The molecule has 4 atom stereocenters. The van der Waals surface area contributed by atoms with Gasteiger partial charge >= 0.3 is 0 Å². The maximum Gasteiger partial charge on any atom is 0.242 e. The smallest absolute Gasteiger partial charge is 0.242 e. The van der Waals surface area contributed by atoms with Gasteiger partial charge in [-0.05, 0) is 32.1 Å². The zero-order valence-electron chi connectivity index (χ0n) is 9.87. The summed E-state index contributed by atoms with van der Waals surface area (Å²) in [5, 5.41) is 9.14. The number of piperidine rings is 1. The number of carbonyl (C=O) groups excluding carboxylic acids is 2. The molecule has 2 bridgehead atoms. The molecule has 0 aromatic rings. The van der Waals surface area contributed by atoms with Gasteiger partial charge in [0.2, 0.25) is 11.8 Å². The predicted octanol–water partition coefficient (Wildman–Crippen LogP) is -0.478. The quantitative estimate of drug-likeness (QED) is 0.607. The Labute approximate surface area is 101 Å². The first-order chi connectivity index (χ1) is 8.24. The Morgan fingerprint density at radius 3 is 2.82 bits per heavy atom. The minimum Gasteiger partial charge on any atom is -0.354 e. The van der Waals surface area contributed by atoms with E-state index in [0.29, 0.717) is 12.1 Å². The summed E-state index contributed by atoms with van der Waals surface area (Å²) in [6, 6.07) is 0.554. The fraction of sp³-hybridized carbons (Fsp3) is 0.833. The predicted molar refractivity (Wildman–Crippen MR) is 62.2 cm³/mol. The van der Waals surface area contributed by atoms with E-state index in [2.05, 4.69) is 16.0 Å². The highest BCUT2D eigenvalue weighted by molar-refractivity contribution is 5.89. The van der Waals surface area contributed by atoms with Gasteiger partial charge in [-0.3, -0.25) is 9.59 Å². The maximum absolute atomic E-state index is 12.1. The molecule has 3 saturated heterocycles. The van der Waals surface area contributed by atoms with Gasteiger partial charge < -0.3 is 16.0 Å². The van der Waals surface area contributed by atoms with Gasteiger partial charge in [0.1, 0.15) is 6.04 Å². The molecule has 0 aromatic heterocycles. The molecular weight excluding hydrogens is 218 g/mol. The molecular formula is C12H19N3O2. The van der Waals surface area contributed by atoms with Crippen LogP contribution in [0.4, 0.5) is 0 Å². The molecule has 3 heterocycles. The van der Waals surface area contributed by atoms with Crippen LogP contribution in [0.2, 0.25) is 0 Å². The molecule has 3 rings (SSSR count). The number of nitrogens with one attached hydrogen (secondary N) is 3. The number of amides is 2. The Kier molecular flexibility index (Phi) is 2.78. The lowest BCUT2D eigenvalue weighted by molar-refractivity contribution is -0.132. The van der Waals surface area contributed by atoms with Gasteiger partial charge in [-0.25, -0.2) is 0 Å². The van der Waals surface area contributed by atoms with Crippen LogP contribution in [0, 0.1) is 5.92 Å². The topological polar surface area (TPSA) is 70.2 Å². The normalized spacial score (nSPS) is 40.1. The second-order valence-electron chi connectivity index (χ2n) is 5.38. The van der Waals surface area contributed by atoms with Gasteiger partial charge in [0, 0.05) is 18.6 Å². The average molecular weight is 237 g/mol. The molecule has 0 radical (unpaired) electrons. The standard InChI is InChI=1S/C12H19N3O2/c16-11(8-6-7-3-4-9(8)14-7)15-10-2-1-5-13-12(10)17/h7-10,14H,1-6H2,(H,13,17)(H,15,16). The lowest BCUT2D eigenvalue weighted by Crippen LogP contribution is -2.52. The molecule has 3 N–H and O–H groups in total. The molecule has 0 spiro atoms. The van der Waals surface area contributed by atoms with Crippen LogP contribution in [0.25, 0.3) is 0 Å². The van der Waals surface area contributed by atoms with Gasteiger partial charge in [-0.15, -0.1) is 0 Å². The first kappa shape index (κ1) is 11.0. The van der Waals surface area contributed by atoms with Crippen LogP contribution in [0.15, 0.2) is 0 Å². The Morgan fingerprint density at radius 1 is 1.29 bits per heavy atom. The van der Waals surface area contributed by atoms with E-state index in [1.807, 2.05) is 0 Å². The van der Waals surface area contributed by atoms with Crippen LogP contribution in [0.5, 0.6) is 0 Å². The van der Waals surface area contributed by atoms with Crippen molar-refractivity contribution in [1.29, 1.82) is 0 Å². The van der Waals surface area contributed by atoms with Gasteiger partial charge in [0.15, 0.2) is 0 Å². The summed E-state index contributed by atoms with van der Waals surface area (Å²) in [5.74, 6) is 0.107. The van der Waals surface area contributed by atoms with Crippen molar-refractivity contribution in [3.63, 3.8) is 0 Å². The molecule has 94 valence electrons. The van der Waals surface area contributed by atoms with Gasteiger partial charge in [-0.1, -0.05) is 0 Å². The van der Waals surface area contributed by atoms with Gasteiger partial charge in [-0.2, -0.15) is 0 Å². The summed E-state index contributed by atoms with van der Waals surface area (Å²) >= 11 is 0. The van der Waals surface area contributed by atoms with Crippen molar-refractivity contribution in [1.82, 2.24) is 16.0 Å². The van der Waals surface area contributed by atoms with Gasteiger partial charge in [0.05, 0.1) is 5.92 Å². The Balaban J connectivity index is 1.58. The zero-order valence-corrected chi connectivity index (χ0v) is 9.87. The third kappa shape index (κ3) is 2.04. The van der Waals surface area contributed by atoms with E-state index in [1.165, 1.54) is 6.42 Å². The van der Waals surface area contributed by atoms with Crippen LogP contribution in [0.1, 0.15) is 32.1 Å². The van der Waals surface area contributed by atoms with E-state index in [9.17, 15) is 9.59 Å². The highest BCUT2D eigenvalue weighted by Crippen LogP contribution is 2.33. The minimum absolute atomic E-state index is 0.0271. The van der Waals surface area contributed by atoms with E-state index in [-0.39, 0.29) is 23.8 Å². The molecule has 2 amide bonds. The summed E-state index contributed by atoms with van der Waals surface area (Å²) in [7, 11) is 0. The molecule has 0 saturated carbocycles. The molecule has 3 fully saturated rings. The number of carbonyl (C=O) groups is 2. The molecule has 17 heavy (non-hydrogen) atoms. The highest BCUT2D eigenvalue weighted by atomic mass is 16.2. The Bertz CT molecular complexity index is 345. The zero-order chi connectivity index (χ0) is 11.8. The van der Waals surface area contributed by atoms with E-state index in [0.717, 1.165) is 32.2 Å². The molecule has 0 aromatic carbocycles. The number of fused-ring (bicyclic) bond motifs is 2. The lowest BCUT2D eigenvalue weighted by atomic mass is 9.88. The van der Waals surface area contributed by atoms with Crippen molar-refractivity contribution >= 4 is 11.8 Å². The van der Waals surface area contributed by atoms with Crippen molar-refractivity contribution < 1.29 is 9.59 Å². The number of hydrogen-bond donors (Lipinski definition) is 3. The van der Waals surface area contributed by atoms with Gasteiger partial charge in [0.25, 0.3) is 0 Å². The lowest BCUT2D eigenvalue weighted by Gasteiger charge is -2.26. The van der Waals surface area contributed by atoms with Crippen molar-refractivity contribution in [2.45, 2.75) is 50.2 Å². The third-order valence-electron chi connectivity index (χ3n) is 4.24.